The highest BCUT2D eigenvalue weighted by molar-refractivity contribution is 7.17. The third-order valence-corrected chi connectivity index (χ3v) is 4.61. The van der Waals surface area contributed by atoms with Crippen LogP contribution in [0.2, 0.25) is 0 Å². The fraction of sp³-hybridized carbons (Fsp3) is 0.421. The van der Waals surface area contributed by atoms with Crippen molar-refractivity contribution in [1.29, 1.82) is 0 Å². The summed E-state index contributed by atoms with van der Waals surface area (Å²) in [6.45, 7) is 7.03. The van der Waals surface area contributed by atoms with E-state index in [1.807, 2.05) is 25.1 Å². The molecular weight excluding hydrogens is 366 g/mol. The second-order valence-electron chi connectivity index (χ2n) is 5.64. The van der Waals surface area contributed by atoms with Crippen molar-refractivity contribution < 1.29 is 19.0 Å². The van der Waals surface area contributed by atoms with Gasteiger partial charge in [0.2, 0.25) is 5.13 Å². The normalized spacial score (nSPS) is 10.8. The fourth-order valence-electron chi connectivity index (χ4n) is 2.21. The van der Waals surface area contributed by atoms with Gasteiger partial charge in [0.05, 0.1) is 32.2 Å². The molecule has 1 aromatic heterocycles. The van der Waals surface area contributed by atoms with Crippen molar-refractivity contribution in [3.63, 3.8) is 0 Å². The molecule has 1 heterocycles. The quantitative estimate of drug-likeness (QED) is 0.282. The van der Waals surface area contributed by atoms with E-state index in [1.165, 1.54) is 18.4 Å². The van der Waals surface area contributed by atoms with Gasteiger partial charge in [-0.15, -0.1) is 0 Å². The Morgan fingerprint density at radius 3 is 2.81 bits per heavy atom. The van der Waals surface area contributed by atoms with Crippen molar-refractivity contribution in [1.82, 2.24) is 4.98 Å². The van der Waals surface area contributed by atoms with Crippen LogP contribution in [0.4, 0.5) is 5.13 Å². The molecule has 0 amide bonds. The van der Waals surface area contributed by atoms with Crippen LogP contribution in [0.1, 0.15) is 47.6 Å². The van der Waals surface area contributed by atoms with E-state index in [9.17, 15) is 4.79 Å². The Labute approximate surface area is 163 Å². The Morgan fingerprint density at radius 2 is 2.11 bits per heavy atom. The zero-order valence-corrected chi connectivity index (χ0v) is 16.9. The minimum Gasteiger partial charge on any atom is -0.490 e. The first kappa shape index (κ1) is 20.7. The number of benzene rings is 1. The van der Waals surface area contributed by atoms with Crippen molar-refractivity contribution >= 4 is 28.7 Å². The number of carbonyl (C=O) groups is 1. The van der Waals surface area contributed by atoms with Gasteiger partial charge in [-0.25, -0.2) is 9.78 Å². The highest BCUT2D eigenvalue weighted by atomic mass is 32.1. The van der Waals surface area contributed by atoms with E-state index in [0.29, 0.717) is 34.7 Å². The van der Waals surface area contributed by atoms with Gasteiger partial charge in [-0.3, -0.25) is 5.43 Å². The van der Waals surface area contributed by atoms with Gasteiger partial charge in [0, 0.05) is 0 Å². The summed E-state index contributed by atoms with van der Waals surface area (Å²) < 4.78 is 16.2. The van der Waals surface area contributed by atoms with Crippen LogP contribution in [0.15, 0.2) is 23.3 Å². The van der Waals surface area contributed by atoms with Gasteiger partial charge in [-0.05, 0) is 44.0 Å². The van der Waals surface area contributed by atoms with Gasteiger partial charge >= 0.3 is 5.97 Å². The van der Waals surface area contributed by atoms with Crippen LogP contribution < -0.4 is 14.9 Å². The molecule has 0 saturated heterocycles. The minimum absolute atomic E-state index is 0.401. The lowest BCUT2D eigenvalue weighted by Gasteiger charge is -2.12. The SMILES string of the molecule is CCCCOc1ccc(/C=N\Nc2nc(C)c(C(=O)OC)s2)cc1OCC. The number of carbonyl (C=O) groups excluding carboxylic acids is 1. The lowest BCUT2D eigenvalue weighted by atomic mass is 10.2. The second-order valence-corrected chi connectivity index (χ2v) is 6.64. The summed E-state index contributed by atoms with van der Waals surface area (Å²) in [7, 11) is 1.35. The van der Waals surface area contributed by atoms with Crippen molar-refractivity contribution in [2.24, 2.45) is 5.10 Å². The van der Waals surface area contributed by atoms with Crippen LogP contribution in [0.5, 0.6) is 11.5 Å². The minimum atomic E-state index is -0.401. The summed E-state index contributed by atoms with van der Waals surface area (Å²) >= 11 is 1.20. The predicted octanol–water partition coefficient (Wildman–Crippen LogP) is 4.26. The second kappa shape index (κ2) is 10.5. The lowest BCUT2D eigenvalue weighted by molar-refractivity contribution is 0.0605. The first-order valence-electron chi connectivity index (χ1n) is 8.83. The summed E-state index contributed by atoms with van der Waals surface area (Å²) in [6.07, 6.45) is 3.74. The highest BCUT2D eigenvalue weighted by Gasteiger charge is 2.15. The smallest absolute Gasteiger partial charge is 0.350 e. The average Bonchev–Trinajstić information content (AvgIpc) is 3.03. The van der Waals surface area contributed by atoms with Crippen molar-refractivity contribution in [2.45, 2.75) is 33.6 Å². The number of hydrogen-bond acceptors (Lipinski definition) is 8. The van der Waals surface area contributed by atoms with Gasteiger partial charge < -0.3 is 14.2 Å². The Kier molecular flexibility index (Phi) is 8.06. The molecule has 0 atom stereocenters. The highest BCUT2D eigenvalue weighted by Crippen LogP contribution is 2.28. The predicted molar refractivity (Wildman–Crippen MR) is 107 cm³/mol. The first-order chi connectivity index (χ1) is 13.1. The van der Waals surface area contributed by atoms with E-state index < -0.39 is 5.97 Å². The number of aromatic nitrogens is 1. The number of thiazole rings is 1. The third kappa shape index (κ3) is 5.96. The van der Waals surface area contributed by atoms with Crippen molar-refractivity contribution in [2.75, 3.05) is 25.7 Å². The van der Waals surface area contributed by atoms with Gasteiger partial charge in [0.1, 0.15) is 4.88 Å². The molecule has 0 spiro atoms. The summed E-state index contributed by atoms with van der Waals surface area (Å²) in [4.78, 5) is 16.3. The molecule has 8 heteroatoms. The summed E-state index contributed by atoms with van der Waals surface area (Å²) in [5, 5.41) is 4.70. The lowest BCUT2D eigenvalue weighted by Crippen LogP contribution is -2.01. The molecule has 0 saturated carbocycles. The van der Waals surface area contributed by atoms with E-state index in [-0.39, 0.29) is 0 Å². The molecule has 2 rings (SSSR count). The molecule has 2 aromatic rings. The number of nitrogens with zero attached hydrogens (tertiary/aromatic N) is 2. The Bertz CT molecular complexity index is 789. The van der Waals surface area contributed by atoms with Crippen molar-refractivity contribution in [3.8, 4) is 11.5 Å². The number of ether oxygens (including phenoxy) is 3. The van der Waals surface area contributed by atoms with E-state index >= 15 is 0 Å². The van der Waals surface area contributed by atoms with Gasteiger partial charge in [0.25, 0.3) is 0 Å². The van der Waals surface area contributed by atoms with E-state index in [0.717, 1.165) is 24.2 Å². The van der Waals surface area contributed by atoms with Crippen LogP contribution in [0.3, 0.4) is 0 Å². The van der Waals surface area contributed by atoms with Crippen LogP contribution in [-0.4, -0.2) is 37.5 Å². The molecule has 27 heavy (non-hydrogen) atoms. The van der Waals surface area contributed by atoms with Crippen molar-refractivity contribution in [3.05, 3.63) is 34.3 Å². The zero-order valence-electron chi connectivity index (χ0n) is 16.1. The Hall–Kier alpha value is -2.61. The maximum Gasteiger partial charge on any atom is 0.350 e. The summed E-state index contributed by atoms with van der Waals surface area (Å²) in [5.41, 5.74) is 4.30. The summed E-state index contributed by atoms with van der Waals surface area (Å²) in [6, 6.07) is 5.66. The first-order valence-corrected chi connectivity index (χ1v) is 9.65. The average molecular weight is 391 g/mol. The molecule has 1 N–H and O–H groups in total. The molecule has 0 aliphatic rings. The third-order valence-electron chi connectivity index (χ3n) is 3.56. The van der Waals surface area contributed by atoms with Crippen LogP contribution in [-0.2, 0) is 4.74 Å². The van der Waals surface area contributed by atoms with Crippen LogP contribution >= 0.6 is 11.3 Å². The molecule has 0 unspecified atom stereocenters. The number of aryl methyl sites for hydroxylation is 1. The molecule has 1 aromatic carbocycles. The Morgan fingerprint density at radius 1 is 1.30 bits per heavy atom. The maximum atomic E-state index is 11.6. The molecule has 146 valence electrons. The Balaban J connectivity index is 2.05. The molecule has 7 nitrogen and oxygen atoms in total. The fourth-order valence-corrected chi connectivity index (χ4v) is 3.04. The molecule has 0 aliphatic heterocycles. The number of hydrogen-bond donors (Lipinski definition) is 1. The van der Waals surface area contributed by atoms with E-state index in [1.54, 1.807) is 13.1 Å². The maximum absolute atomic E-state index is 11.6. The number of esters is 1. The zero-order chi connectivity index (χ0) is 19.6. The van der Waals surface area contributed by atoms with Gasteiger partial charge in [0.15, 0.2) is 11.5 Å². The van der Waals surface area contributed by atoms with Gasteiger partial charge in [-0.2, -0.15) is 5.10 Å². The molecule has 0 fully saturated rings. The molecule has 0 bridgehead atoms. The van der Waals surface area contributed by atoms with Crippen LogP contribution in [0, 0.1) is 6.92 Å². The number of hydrazone groups is 1. The number of anilines is 1. The monoisotopic (exact) mass is 391 g/mol. The van der Waals surface area contributed by atoms with Gasteiger partial charge in [-0.1, -0.05) is 24.7 Å². The number of unbranched alkanes of at least 4 members (excludes halogenated alkanes) is 1. The number of nitrogens with one attached hydrogen (secondary N) is 1. The largest absolute Gasteiger partial charge is 0.490 e. The molecule has 0 aliphatic carbocycles. The van der Waals surface area contributed by atoms with E-state index in [2.05, 4.69) is 22.4 Å². The van der Waals surface area contributed by atoms with Crippen LogP contribution in [0.25, 0.3) is 0 Å². The summed E-state index contributed by atoms with van der Waals surface area (Å²) in [5.74, 6) is 1.02. The standard InChI is InChI=1S/C19H25N3O4S/c1-5-7-10-26-15-9-8-14(11-16(15)25-6-2)12-20-22-19-21-13(3)17(27-19)18(23)24-4/h8-9,11-12H,5-7,10H2,1-4H3,(H,21,22)/b20-12-. The van der Waals surface area contributed by atoms with E-state index in [4.69, 9.17) is 14.2 Å². The molecule has 0 radical (unpaired) electrons. The number of rotatable bonds is 10. The number of methoxy groups -OCH3 is 1. The molecular formula is C19H25N3O4S. The topological polar surface area (TPSA) is 82.0 Å².